The minimum Gasteiger partial charge on any atom is -0.477 e. The van der Waals surface area contributed by atoms with E-state index in [-0.39, 0.29) is 4.90 Å². The Labute approximate surface area is 187 Å². The fourth-order valence-electron chi connectivity index (χ4n) is 4.12. The Morgan fingerprint density at radius 3 is 2.75 bits per heavy atom. The largest absolute Gasteiger partial charge is 0.477 e. The van der Waals surface area contributed by atoms with E-state index in [9.17, 15) is 13.2 Å². The number of rotatable bonds is 8. The number of ether oxygens (including phenoxy) is 1. The zero-order valence-electron chi connectivity index (χ0n) is 18.2. The number of hydrogen-bond donors (Lipinski definition) is 2. The van der Waals surface area contributed by atoms with Crippen molar-refractivity contribution in [1.82, 2.24) is 14.7 Å². The number of amides is 1. The van der Waals surface area contributed by atoms with Gasteiger partial charge in [-0.2, -0.15) is 0 Å². The number of pyridine rings is 1. The molecule has 2 fully saturated rings. The van der Waals surface area contributed by atoms with Crippen molar-refractivity contribution in [3.8, 4) is 5.88 Å². The summed E-state index contributed by atoms with van der Waals surface area (Å²) in [5, 5.41) is 0.552. The molecule has 0 bridgehead atoms. The molecule has 168 valence electrons. The summed E-state index contributed by atoms with van der Waals surface area (Å²) in [6.07, 6.45) is 6.87. The molecule has 0 aliphatic heterocycles. The van der Waals surface area contributed by atoms with Gasteiger partial charge in [-0.1, -0.05) is 19.9 Å². The number of sulfonamides is 1. The van der Waals surface area contributed by atoms with E-state index >= 15 is 0 Å². The van der Waals surface area contributed by atoms with E-state index in [1.54, 1.807) is 24.4 Å². The second kappa shape index (κ2) is 7.62. The first-order valence-electron chi connectivity index (χ1n) is 11.1. The zero-order chi connectivity index (χ0) is 22.5. The average molecular weight is 454 g/mol. The summed E-state index contributed by atoms with van der Waals surface area (Å²) in [5.41, 5.74) is 1.57. The predicted octanol–water partition coefficient (Wildman–Crippen LogP) is 4.01. The van der Waals surface area contributed by atoms with Gasteiger partial charge in [-0.3, -0.25) is 4.79 Å². The number of nitrogens with zero attached hydrogens (tertiary/aromatic N) is 1. The normalized spacial score (nSPS) is 17.5. The maximum Gasteiger partial charge on any atom is 0.264 e. The van der Waals surface area contributed by atoms with Gasteiger partial charge in [0.2, 0.25) is 11.8 Å². The van der Waals surface area contributed by atoms with Gasteiger partial charge < -0.3 is 9.72 Å². The highest BCUT2D eigenvalue weighted by Gasteiger charge is 2.54. The number of fused-ring (bicyclic) bond motifs is 1. The summed E-state index contributed by atoms with van der Waals surface area (Å²) in [6, 6.07) is 8.67. The number of aromatic nitrogens is 2. The van der Waals surface area contributed by atoms with Crippen LogP contribution in [0.1, 0.15) is 56.6 Å². The number of carbonyl (C=O) groups excluding carboxylic acids is 1. The van der Waals surface area contributed by atoms with Gasteiger partial charge in [0, 0.05) is 28.9 Å². The van der Waals surface area contributed by atoms with Crippen LogP contribution >= 0.6 is 0 Å². The molecule has 7 nitrogen and oxygen atoms in total. The lowest BCUT2D eigenvalue weighted by Gasteiger charge is -2.20. The highest BCUT2D eigenvalue weighted by molar-refractivity contribution is 7.90. The average Bonchev–Trinajstić information content (AvgIpc) is 3.68. The van der Waals surface area contributed by atoms with Crippen LogP contribution in [0, 0.1) is 5.92 Å². The predicted molar refractivity (Wildman–Crippen MR) is 121 cm³/mol. The van der Waals surface area contributed by atoms with E-state index in [4.69, 9.17) is 4.74 Å². The van der Waals surface area contributed by atoms with Crippen molar-refractivity contribution in [2.45, 2.75) is 55.8 Å². The number of hydrogen-bond acceptors (Lipinski definition) is 5. The van der Waals surface area contributed by atoms with Crippen LogP contribution in [-0.2, 0) is 20.2 Å². The molecule has 32 heavy (non-hydrogen) atoms. The molecule has 0 unspecified atom stereocenters. The molecule has 2 aliphatic rings. The van der Waals surface area contributed by atoms with Crippen molar-refractivity contribution in [3.63, 3.8) is 0 Å². The van der Waals surface area contributed by atoms with Crippen LogP contribution in [0.4, 0.5) is 0 Å². The molecule has 2 aliphatic carbocycles. The first-order chi connectivity index (χ1) is 15.3. The van der Waals surface area contributed by atoms with Gasteiger partial charge in [0.25, 0.3) is 10.0 Å². The van der Waals surface area contributed by atoms with E-state index in [0.29, 0.717) is 53.6 Å². The summed E-state index contributed by atoms with van der Waals surface area (Å²) in [4.78, 5) is 21.0. The Morgan fingerprint density at radius 1 is 1.28 bits per heavy atom. The molecule has 3 aromatic rings. The van der Waals surface area contributed by atoms with Crippen LogP contribution in [0.5, 0.6) is 5.88 Å². The molecule has 0 spiro atoms. The molecule has 8 heteroatoms. The first-order valence-corrected chi connectivity index (χ1v) is 12.5. The second-order valence-corrected chi connectivity index (χ2v) is 11.0. The highest BCUT2D eigenvalue weighted by atomic mass is 32.2. The van der Waals surface area contributed by atoms with Crippen LogP contribution in [0.2, 0.25) is 0 Å². The molecule has 2 saturated carbocycles. The number of aromatic amines is 1. The summed E-state index contributed by atoms with van der Waals surface area (Å²) in [6.45, 7) is 4.58. The number of carbonyl (C=O) groups is 1. The molecular weight excluding hydrogens is 426 g/mol. The van der Waals surface area contributed by atoms with Gasteiger partial charge >= 0.3 is 0 Å². The van der Waals surface area contributed by atoms with Crippen molar-refractivity contribution >= 4 is 26.8 Å². The minimum absolute atomic E-state index is 0.0848. The molecule has 1 aromatic carbocycles. The fraction of sp³-hybridized carbons (Fsp3) is 0.417. The van der Waals surface area contributed by atoms with Gasteiger partial charge in [0.05, 0.1) is 16.9 Å². The second-order valence-electron chi connectivity index (χ2n) is 9.31. The van der Waals surface area contributed by atoms with E-state index in [1.165, 1.54) is 6.07 Å². The Hall–Kier alpha value is -2.87. The van der Waals surface area contributed by atoms with E-state index in [2.05, 4.69) is 14.7 Å². The Bertz CT molecular complexity index is 1290. The molecule has 0 saturated heterocycles. The summed E-state index contributed by atoms with van der Waals surface area (Å²) < 4.78 is 34.6. The SMILES string of the molecule is CC(C)COc1ncc(C2CC2)cc1C1(C(=O)NS(=O)(=O)c2cccc3[nH]ccc23)CC1. The Kier molecular flexibility index (Phi) is 5.00. The van der Waals surface area contributed by atoms with Crippen molar-refractivity contribution in [3.05, 3.63) is 53.9 Å². The molecule has 0 atom stereocenters. The lowest BCUT2D eigenvalue weighted by molar-refractivity contribution is -0.121. The Morgan fingerprint density at radius 2 is 2.06 bits per heavy atom. The van der Waals surface area contributed by atoms with Crippen molar-refractivity contribution in [1.29, 1.82) is 0 Å². The topological polar surface area (TPSA) is 101 Å². The fourth-order valence-corrected chi connectivity index (χ4v) is 5.40. The maximum absolute atomic E-state index is 13.4. The lowest BCUT2D eigenvalue weighted by atomic mass is 9.94. The van der Waals surface area contributed by atoms with E-state index in [0.717, 1.165) is 18.4 Å². The quantitative estimate of drug-likeness (QED) is 0.537. The molecule has 0 radical (unpaired) electrons. The standard InChI is InChI=1S/C24H27N3O4S/c1-15(2)14-31-22-19(12-17(13-26-22)16-6-7-16)24(9-10-24)23(28)27-32(29,30)21-5-3-4-20-18(21)8-11-25-20/h3-5,8,11-13,15-16,25H,6-7,9-10,14H2,1-2H3,(H,27,28). The third kappa shape index (κ3) is 3.77. The molecular formula is C24H27N3O4S. The zero-order valence-corrected chi connectivity index (χ0v) is 19.0. The van der Waals surface area contributed by atoms with Crippen molar-refractivity contribution in [2.75, 3.05) is 6.61 Å². The van der Waals surface area contributed by atoms with Crippen LogP contribution in [-0.4, -0.2) is 30.9 Å². The minimum atomic E-state index is -4.04. The summed E-state index contributed by atoms with van der Waals surface area (Å²) >= 11 is 0. The van der Waals surface area contributed by atoms with E-state index in [1.807, 2.05) is 26.1 Å². The van der Waals surface area contributed by atoms with Crippen molar-refractivity contribution in [2.24, 2.45) is 5.92 Å². The lowest BCUT2D eigenvalue weighted by Crippen LogP contribution is -2.39. The van der Waals surface area contributed by atoms with Crippen LogP contribution < -0.4 is 9.46 Å². The van der Waals surface area contributed by atoms with Gasteiger partial charge in [-0.15, -0.1) is 0 Å². The first kappa shape index (κ1) is 21.0. The summed E-state index contributed by atoms with van der Waals surface area (Å²) in [5.74, 6) is 0.684. The molecule has 1 amide bonds. The summed E-state index contributed by atoms with van der Waals surface area (Å²) in [7, 11) is -4.04. The molecule has 2 N–H and O–H groups in total. The van der Waals surface area contributed by atoms with Crippen LogP contribution in [0.25, 0.3) is 10.9 Å². The smallest absolute Gasteiger partial charge is 0.264 e. The third-order valence-electron chi connectivity index (χ3n) is 6.25. The van der Waals surface area contributed by atoms with Gasteiger partial charge in [-0.05, 0) is 67.3 Å². The van der Waals surface area contributed by atoms with Crippen LogP contribution in [0.15, 0.2) is 47.6 Å². The van der Waals surface area contributed by atoms with Gasteiger partial charge in [0.15, 0.2) is 0 Å². The number of nitrogens with one attached hydrogen (secondary N) is 2. The van der Waals surface area contributed by atoms with Crippen molar-refractivity contribution < 1.29 is 17.9 Å². The number of H-pyrrole nitrogens is 1. The van der Waals surface area contributed by atoms with Crippen LogP contribution in [0.3, 0.4) is 0 Å². The third-order valence-corrected chi connectivity index (χ3v) is 7.64. The van der Waals surface area contributed by atoms with Gasteiger partial charge in [-0.25, -0.2) is 18.1 Å². The molecule has 2 heterocycles. The number of benzene rings is 1. The molecule has 2 aromatic heterocycles. The van der Waals surface area contributed by atoms with Gasteiger partial charge in [0.1, 0.15) is 0 Å². The molecule has 5 rings (SSSR count). The maximum atomic E-state index is 13.4. The van der Waals surface area contributed by atoms with E-state index < -0.39 is 21.3 Å². The monoisotopic (exact) mass is 453 g/mol. The highest BCUT2D eigenvalue weighted by Crippen LogP contribution is 2.53. The Balaban J connectivity index is 1.47.